The van der Waals surface area contributed by atoms with Crippen molar-refractivity contribution in [3.05, 3.63) is 29.8 Å². The molecule has 2 N–H and O–H groups in total. The third-order valence-corrected chi connectivity index (χ3v) is 5.10. The molecule has 6 heteroatoms. The van der Waals surface area contributed by atoms with Crippen LogP contribution in [0.3, 0.4) is 0 Å². The highest BCUT2D eigenvalue weighted by Crippen LogP contribution is 2.22. The Morgan fingerprint density at radius 3 is 3.00 bits per heavy atom. The van der Waals surface area contributed by atoms with E-state index in [0.717, 1.165) is 43.7 Å². The van der Waals surface area contributed by atoms with Gasteiger partial charge in [0.15, 0.2) is 0 Å². The van der Waals surface area contributed by atoms with E-state index in [1.54, 1.807) is 7.11 Å². The van der Waals surface area contributed by atoms with E-state index < -0.39 is 0 Å². The fraction of sp³-hybridized carbons (Fsp3) is 0.579. The molecule has 1 aromatic carbocycles. The first-order valence-corrected chi connectivity index (χ1v) is 9.07. The zero-order chi connectivity index (χ0) is 17.6. The van der Waals surface area contributed by atoms with Crippen molar-refractivity contribution in [1.82, 2.24) is 15.5 Å². The highest BCUT2D eigenvalue weighted by atomic mass is 16.5. The van der Waals surface area contributed by atoms with Crippen LogP contribution < -0.4 is 15.4 Å². The van der Waals surface area contributed by atoms with Gasteiger partial charge in [0.1, 0.15) is 5.75 Å². The highest BCUT2D eigenvalue weighted by molar-refractivity contribution is 5.80. The quantitative estimate of drug-likeness (QED) is 0.815. The monoisotopic (exact) mass is 345 g/mol. The molecule has 2 amide bonds. The number of methoxy groups -OCH3 is 1. The maximum Gasteiger partial charge on any atom is 0.224 e. The molecule has 0 saturated carbocycles. The van der Waals surface area contributed by atoms with E-state index in [1.165, 1.54) is 0 Å². The van der Waals surface area contributed by atoms with Crippen molar-refractivity contribution < 1.29 is 14.3 Å². The smallest absolute Gasteiger partial charge is 0.224 e. The summed E-state index contributed by atoms with van der Waals surface area (Å²) in [4.78, 5) is 26.5. The molecule has 2 bridgehead atoms. The van der Waals surface area contributed by atoms with E-state index in [-0.39, 0.29) is 23.8 Å². The van der Waals surface area contributed by atoms with Gasteiger partial charge in [-0.05, 0) is 18.9 Å². The summed E-state index contributed by atoms with van der Waals surface area (Å²) >= 11 is 0. The average Bonchev–Trinajstić information content (AvgIpc) is 2.86. The van der Waals surface area contributed by atoms with Crippen molar-refractivity contribution in [2.45, 2.75) is 38.3 Å². The molecule has 0 aromatic heterocycles. The van der Waals surface area contributed by atoms with Gasteiger partial charge in [0, 0.05) is 44.2 Å². The second-order valence-corrected chi connectivity index (χ2v) is 6.93. The van der Waals surface area contributed by atoms with Gasteiger partial charge in [-0.2, -0.15) is 0 Å². The standard InChI is InChI=1S/C19H27N3O3/c1-25-17-8-3-2-5-14(17)11-20-18(23)9-10-22-12-15-6-4-7-16(13-22)21-19(15)24/h2-3,5,8,15-16H,4,6-7,9-13H2,1H3,(H,20,23)(H,21,24)/t15-,16+/m1/s1. The third-order valence-electron chi connectivity index (χ3n) is 5.10. The van der Waals surface area contributed by atoms with E-state index in [9.17, 15) is 9.59 Å². The highest BCUT2D eigenvalue weighted by Gasteiger charge is 2.32. The summed E-state index contributed by atoms with van der Waals surface area (Å²) in [7, 11) is 1.63. The molecule has 0 aliphatic carbocycles. The van der Waals surface area contributed by atoms with Crippen LogP contribution in [0, 0.1) is 5.92 Å². The minimum atomic E-state index is 0.0274. The number of nitrogens with zero attached hydrogens (tertiary/aromatic N) is 1. The van der Waals surface area contributed by atoms with Gasteiger partial charge in [0.05, 0.1) is 13.0 Å². The first-order chi connectivity index (χ1) is 12.2. The van der Waals surface area contributed by atoms with Crippen molar-refractivity contribution in [3.8, 4) is 5.75 Å². The Balaban J connectivity index is 1.47. The number of hydrogen-bond acceptors (Lipinski definition) is 4. The van der Waals surface area contributed by atoms with Crippen LogP contribution in [0.2, 0.25) is 0 Å². The maximum absolute atomic E-state index is 12.2. The van der Waals surface area contributed by atoms with Gasteiger partial charge in [-0.1, -0.05) is 24.6 Å². The summed E-state index contributed by atoms with van der Waals surface area (Å²) in [5.74, 6) is 1.07. The molecule has 25 heavy (non-hydrogen) atoms. The summed E-state index contributed by atoms with van der Waals surface area (Å²) in [6.45, 7) is 2.78. The molecule has 1 aromatic rings. The number of fused-ring (bicyclic) bond motifs is 3. The summed E-state index contributed by atoms with van der Waals surface area (Å²) < 4.78 is 5.30. The van der Waals surface area contributed by atoms with Crippen molar-refractivity contribution >= 4 is 11.8 Å². The van der Waals surface area contributed by atoms with Gasteiger partial charge in [-0.3, -0.25) is 14.5 Å². The molecule has 2 aliphatic heterocycles. The number of hydrogen-bond donors (Lipinski definition) is 2. The fourth-order valence-electron chi connectivity index (χ4n) is 3.72. The number of amides is 2. The van der Waals surface area contributed by atoms with Gasteiger partial charge in [0.25, 0.3) is 0 Å². The Hall–Kier alpha value is -2.08. The lowest BCUT2D eigenvalue weighted by Gasteiger charge is -2.27. The van der Waals surface area contributed by atoms with E-state index in [4.69, 9.17) is 4.74 Å². The topological polar surface area (TPSA) is 70.7 Å². The van der Waals surface area contributed by atoms with Crippen molar-refractivity contribution in [2.24, 2.45) is 5.92 Å². The number of para-hydroxylation sites is 1. The van der Waals surface area contributed by atoms with Crippen molar-refractivity contribution in [2.75, 3.05) is 26.7 Å². The van der Waals surface area contributed by atoms with E-state index in [2.05, 4.69) is 15.5 Å². The number of rotatable bonds is 6. The molecule has 6 nitrogen and oxygen atoms in total. The van der Waals surface area contributed by atoms with Gasteiger partial charge in [0.2, 0.25) is 11.8 Å². The first kappa shape index (κ1) is 17.7. The third kappa shape index (κ3) is 4.72. The minimum Gasteiger partial charge on any atom is -0.496 e. The Bertz CT molecular complexity index is 620. The molecule has 3 rings (SSSR count). The number of carbonyl (C=O) groups excluding carboxylic acids is 2. The summed E-state index contributed by atoms with van der Waals surface area (Å²) in [5, 5.41) is 6.08. The molecule has 0 spiro atoms. The van der Waals surface area contributed by atoms with Crippen LogP contribution >= 0.6 is 0 Å². The lowest BCUT2D eigenvalue weighted by atomic mass is 9.99. The molecule has 0 radical (unpaired) electrons. The van der Waals surface area contributed by atoms with E-state index in [1.807, 2.05) is 24.3 Å². The molecule has 2 saturated heterocycles. The predicted molar refractivity (Wildman–Crippen MR) is 95.2 cm³/mol. The second-order valence-electron chi connectivity index (χ2n) is 6.93. The van der Waals surface area contributed by atoms with Crippen LogP contribution in [0.25, 0.3) is 0 Å². The SMILES string of the molecule is COc1ccccc1CNC(=O)CCN1C[C@@H]2CCC[C@H](C1)C(=O)N2. The first-order valence-electron chi connectivity index (χ1n) is 9.07. The van der Waals surface area contributed by atoms with Gasteiger partial charge >= 0.3 is 0 Å². The average molecular weight is 345 g/mol. The Morgan fingerprint density at radius 1 is 1.32 bits per heavy atom. The summed E-state index contributed by atoms with van der Waals surface area (Å²) in [6.07, 6.45) is 3.56. The number of carbonyl (C=O) groups is 2. The minimum absolute atomic E-state index is 0.0274. The molecule has 2 atom stereocenters. The number of benzene rings is 1. The largest absolute Gasteiger partial charge is 0.496 e. The lowest BCUT2D eigenvalue weighted by Crippen LogP contribution is -2.40. The molecular formula is C19H27N3O3. The molecule has 0 unspecified atom stereocenters. The van der Waals surface area contributed by atoms with Crippen LogP contribution in [0.1, 0.15) is 31.2 Å². The van der Waals surface area contributed by atoms with Crippen LogP contribution in [0.4, 0.5) is 0 Å². The Labute approximate surface area is 148 Å². The van der Waals surface area contributed by atoms with Crippen LogP contribution in [-0.2, 0) is 16.1 Å². The maximum atomic E-state index is 12.2. The molecule has 136 valence electrons. The van der Waals surface area contributed by atoms with E-state index >= 15 is 0 Å². The molecule has 2 fully saturated rings. The van der Waals surface area contributed by atoms with E-state index in [0.29, 0.717) is 19.5 Å². The van der Waals surface area contributed by atoms with Gasteiger partial charge < -0.3 is 15.4 Å². The lowest BCUT2D eigenvalue weighted by molar-refractivity contribution is -0.124. The summed E-state index contributed by atoms with van der Waals surface area (Å²) in [6, 6.07) is 7.92. The predicted octanol–water partition coefficient (Wildman–Crippen LogP) is 1.30. The number of ether oxygens (including phenoxy) is 1. The zero-order valence-electron chi connectivity index (χ0n) is 14.8. The number of likely N-dealkylation sites (tertiary alicyclic amines) is 1. The second kappa shape index (κ2) is 8.34. The number of nitrogens with one attached hydrogen (secondary N) is 2. The van der Waals surface area contributed by atoms with Crippen LogP contribution in [0.5, 0.6) is 5.75 Å². The van der Waals surface area contributed by atoms with Gasteiger partial charge in [-0.15, -0.1) is 0 Å². The Morgan fingerprint density at radius 2 is 2.16 bits per heavy atom. The molecular weight excluding hydrogens is 318 g/mol. The van der Waals surface area contributed by atoms with Gasteiger partial charge in [-0.25, -0.2) is 0 Å². The van der Waals surface area contributed by atoms with Crippen LogP contribution in [-0.4, -0.2) is 49.5 Å². The van der Waals surface area contributed by atoms with Crippen LogP contribution in [0.15, 0.2) is 24.3 Å². The Kier molecular flexibility index (Phi) is 5.91. The van der Waals surface area contributed by atoms with Crippen molar-refractivity contribution in [1.29, 1.82) is 0 Å². The summed E-state index contributed by atoms with van der Waals surface area (Å²) in [5.41, 5.74) is 0.970. The van der Waals surface area contributed by atoms with Crippen molar-refractivity contribution in [3.63, 3.8) is 0 Å². The zero-order valence-corrected chi connectivity index (χ0v) is 14.8. The normalized spacial score (nSPS) is 23.5. The molecule has 2 heterocycles. The fourth-order valence-corrected chi connectivity index (χ4v) is 3.72. The molecule has 2 aliphatic rings.